The van der Waals surface area contributed by atoms with Crippen molar-refractivity contribution in [3.8, 4) is 0 Å². The van der Waals surface area contributed by atoms with E-state index in [2.05, 4.69) is 71.2 Å². The second-order valence-corrected chi connectivity index (χ2v) is 28.5. The Morgan fingerprint density at radius 2 is 0.571 bits per heavy atom. The predicted molar refractivity (Wildman–Crippen MR) is 317 cm³/mol. The van der Waals surface area contributed by atoms with Gasteiger partial charge in [-0.3, -0.25) is 0 Å². The van der Waals surface area contributed by atoms with Gasteiger partial charge >= 0.3 is 63.3 Å². The summed E-state index contributed by atoms with van der Waals surface area (Å²) < 4.78 is 121. The van der Waals surface area contributed by atoms with Crippen molar-refractivity contribution in [2.24, 2.45) is 0 Å². The Morgan fingerprint density at radius 1 is 0.369 bits per heavy atom. The number of halogens is 1. The molecule has 0 N–H and O–H groups in total. The third kappa shape index (κ3) is 24.1. The van der Waals surface area contributed by atoms with Crippen LogP contribution in [0.5, 0.6) is 0 Å². The Kier molecular flexibility index (Phi) is 31.1. The average Bonchev–Trinajstić information content (AvgIpc) is 2.77. The number of carbonyl (C=O) groups excluding carboxylic acids is 2. The molecule has 0 saturated heterocycles. The summed E-state index contributed by atoms with van der Waals surface area (Å²) in [4.78, 5) is 29.7. The van der Waals surface area contributed by atoms with Crippen LogP contribution in [-0.2, 0) is 80.8 Å². The van der Waals surface area contributed by atoms with Crippen LogP contribution in [0.15, 0.2) is 304 Å². The van der Waals surface area contributed by atoms with E-state index in [1.807, 2.05) is 109 Å². The summed E-state index contributed by atoms with van der Waals surface area (Å²) in [6.45, 7) is 9.46. The monoisotopic (exact) mass is 1290 g/mol. The first-order chi connectivity index (χ1) is 39.0. The number of hydrogen-bond acceptors (Lipinski definition) is 14. The molecule has 0 fully saturated rings. The molecule has 14 nitrogen and oxygen atoms in total. The minimum Gasteiger partial charge on any atom is -1.00 e. The smallest absolute Gasteiger partial charge is 1.00 e. The largest absolute Gasteiger partial charge is 1.00 e. The molecular weight excluding hydrogens is 1240 g/mol. The van der Waals surface area contributed by atoms with Gasteiger partial charge in [0, 0.05) is 22.7 Å². The minimum absolute atomic E-state index is 0. The number of ether oxygens (including phenoxy) is 2. The maximum absolute atomic E-state index is 12.9. The molecule has 8 rings (SSSR count). The molecule has 8 aromatic carbocycles. The maximum Gasteiger partial charge on any atom is 1.00 e. The average molecular weight is 1300 g/mol. The summed E-state index contributed by atoms with van der Waals surface area (Å²) in [6.07, 6.45) is 0.0374. The topological polar surface area (TPSA) is 235 Å². The second kappa shape index (κ2) is 35.9. The first-order valence-corrected chi connectivity index (χ1v) is 33.6. The van der Waals surface area contributed by atoms with Gasteiger partial charge in [-0.15, -0.1) is 0 Å². The van der Waals surface area contributed by atoms with Crippen molar-refractivity contribution < 1.29 is 126 Å². The summed E-state index contributed by atoms with van der Waals surface area (Å²) in [5.41, 5.74) is 0.481. The van der Waals surface area contributed by atoms with Crippen molar-refractivity contribution in [2.75, 3.05) is 24.7 Å². The summed E-state index contributed by atoms with van der Waals surface area (Å²) >= 11 is 0. The molecule has 0 heterocycles. The van der Waals surface area contributed by atoms with Gasteiger partial charge < -0.3 is 31.0 Å². The van der Waals surface area contributed by atoms with Gasteiger partial charge in [0.05, 0.1) is 74.8 Å². The first-order valence-electron chi connectivity index (χ1n) is 25.0. The number of rotatable bonds is 20. The number of esters is 2. The van der Waals surface area contributed by atoms with Crippen molar-refractivity contribution in [1.29, 1.82) is 0 Å². The van der Waals surface area contributed by atoms with E-state index in [1.165, 1.54) is 33.4 Å². The molecule has 0 radical (unpaired) electrons. The van der Waals surface area contributed by atoms with E-state index in [-0.39, 0.29) is 123 Å². The van der Waals surface area contributed by atoms with E-state index in [9.17, 15) is 52.4 Å². The Bertz CT molecular complexity index is 3470. The second-order valence-electron chi connectivity index (χ2n) is 17.5. The molecule has 0 aliphatic heterocycles. The molecule has 84 heavy (non-hydrogen) atoms. The molecule has 22 heteroatoms. The minimum atomic E-state index is -4.21. The zero-order valence-electron chi connectivity index (χ0n) is 46.1. The van der Waals surface area contributed by atoms with Gasteiger partial charge in [0.15, 0.2) is 29.4 Å². The molecule has 0 unspecified atom stereocenters. The Labute approximate surface area is 548 Å². The molecule has 0 amide bonds. The zero-order valence-corrected chi connectivity index (χ0v) is 54.9. The third-order valence-corrected chi connectivity index (χ3v) is 20.6. The van der Waals surface area contributed by atoms with Crippen LogP contribution in [0, 0.1) is 0 Å². The summed E-state index contributed by atoms with van der Waals surface area (Å²) in [6, 6.07) is 72.9. The Hall–Kier alpha value is -5.47. The van der Waals surface area contributed by atoms with Gasteiger partial charge in [-0.05, 0) is 148 Å². The quantitative estimate of drug-likeness (QED) is 0.0235. The van der Waals surface area contributed by atoms with E-state index < -0.39 is 63.4 Å². The van der Waals surface area contributed by atoms with Crippen LogP contribution >= 0.6 is 0 Å². The molecule has 8 aromatic rings. The zero-order chi connectivity index (χ0) is 59.8. The number of sulfone groups is 2. The summed E-state index contributed by atoms with van der Waals surface area (Å²) in [5, 5.41) is 0. The van der Waals surface area contributed by atoms with Crippen molar-refractivity contribution in [3.05, 3.63) is 255 Å². The van der Waals surface area contributed by atoms with Gasteiger partial charge in [-0.25, -0.2) is 43.3 Å². The summed E-state index contributed by atoms with van der Waals surface area (Å²) in [7, 11) is -16.0. The van der Waals surface area contributed by atoms with E-state index in [0.29, 0.717) is 19.6 Å². The van der Waals surface area contributed by atoms with Crippen molar-refractivity contribution in [3.63, 3.8) is 0 Å². The van der Waals surface area contributed by atoms with Crippen LogP contribution in [0.4, 0.5) is 0 Å². The fourth-order valence-corrected chi connectivity index (χ4v) is 14.7. The third-order valence-electron chi connectivity index (χ3n) is 11.0. The molecule has 0 aliphatic rings. The van der Waals surface area contributed by atoms with Crippen LogP contribution in [0.2, 0.25) is 0 Å². The molecule has 0 bridgehead atoms. The normalized spacial score (nSPS) is 11.0. The van der Waals surface area contributed by atoms with E-state index in [1.54, 1.807) is 72.8 Å². The van der Waals surface area contributed by atoms with Gasteiger partial charge in [0.25, 0.3) is 0 Å². The van der Waals surface area contributed by atoms with Crippen LogP contribution in [0.25, 0.3) is 0 Å². The maximum atomic E-state index is 12.9. The fourth-order valence-electron chi connectivity index (χ4n) is 7.07. The van der Waals surface area contributed by atoms with E-state index >= 15 is 0 Å². The number of benzene rings is 8. The van der Waals surface area contributed by atoms with Crippen LogP contribution in [0.3, 0.4) is 0 Å². The summed E-state index contributed by atoms with van der Waals surface area (Å²) in [5.74, 6) is -2.20. The molecule has 0 saturated carbocycles. The fraction of sp³-hybridized carbons (Fsp3) is 0.129. The Morgan fingerprint density at radius 3 is 0.786 bits per heavy atom. The SMILES string of the molecule is C=C(C)C(=O)OCCCS(=O)(=O)[O-].C=C(C)C(=O)OCCCS(=O)(=O)[O-].O=S(=O)(c1ccccc1)c1ccc([S+](c2ccccc2)c2ccccc2)cc1.O=S(=O)(c1ccccc1)c1ccc([S+](c2ccccc2)c2ccccc2)cc1.[Cl-].[K+]. The van der Waals surface area contributed by atoms with Gasteiger partial charge in [-0.1, -0.05) is 122 Å². The van der Waals surface area contributed by atoms with Crippen molar-refractivity contribution in [1.82, 2.24) is 0 Å². The molecule has 0 spiro atoms. The van der Waals surface area contributed by atoms with Gasteiger partial charge in [0.2, 0.25) is 19.7 Å². The van der Waals surface area contributed by atoms with Gasteiger partial charge in [0.1, 0.15) is 0 Å². The number of carbonyl (C=O) groups is 2. The molecule has 0 aliphatic carbocycles. The predicted octanol–water partition coefficient (Wildman–Crippen LogP) is 5.32. The van der Waals surface area contributed by atoms with Crippen molar-refractivity contribution >= 4 is 73.6 Å². The van der Waals surface area contributed by atoms with E-state index in [0.717, 1.165) is 9.79 Å². The van der Waals surface area contributed by atoms with E-state index in [4.69, 9.17) is 0 Å². The molecular formula is C62H60ClKO14S6. The number of hydrogen-bond donors (Lipinski definition) is 0. The standard InChI is InChI=1S/2C24H19O2S2.2C7H12O5S.ClH.K/c2*25-28(26,23-14-8-3-9-15-23)24-18-16-22(17-19-24)27(20-10-4-1-5-11-20)21-12-6-2-7-13-21;2*1-6(2)7(8)12-4-3-5-13(9,10)11;;/h2*1-19H;2*1,3-5H2,2H3,(H,9,10,11);1H;/q2*+1;;;;+1/p-3. The molecule has 0 atom stereocenters. The molecule has 0 aromatic heterocycles. The van der Waals surface area contributed by atoms with Crippen LogP contribution in [-0.4, -0.2) is 79.4 Å². The van der Waals surface area contributed by atoms with Gasteiger partial charge in [-0.2, -0.15) is 0 Å². The molecule has 436 valence electrons. The van der Waals surface area contributed by atoms with Crippen LogP contribution < -0.4 is 63.8 Å². The van der Waals surface area contributed by atoms with Crippen LogP contribution in [0.1, 0.15) is 26.7 Å². The first kappa shape index (κ1) is 72.8. The Balaban J connectivity index is 0.000000311. The van der Waals surface area contributed by atoms with Crippen molar-refractivity contribution in [2.45, 2.75) is 75.6 Å².